The fourth-order valence-corrected chi connectivity index (χ4v) is 2.46. The van der Waals surface area contributed by atoms with Crippen molar-refractivity contribution >= 4 is 40.7 Å². The number of ether oxygens (including phenoxy) is 1. The van der Waals surface area contributed by atoms with Crippen LogP contribution in [0.25, 0.3) is 0 Å². The molecule has 0 unspecified atom stereocenters. The second kappa shape index (κ2) is 7.87. The molecule has 0 spiro atoms. The van der Waals surface area contributed by atoms with Gasteiger partial charge in [0.05, 0.1) is 0 Å². The van der Waals surface area contributed by atoms with Gasteiger partial charge in [-0.25, -0.2) is 0 Å². The standard InChI is InChI=1S/C14H21ClN2O3S/c1-9(2)4-6-20-7-5-14(8-10(3)15)11(18)16-13(21)17-12(14)19/h9H,3-8H2,1-2H3,(H2,16,17,18,19,21). The van der Waals surface area contributed by atoms with Crippen LogP contribution in [-0.4, -0.2) is 30.1 Å². The molecule has 118 valence electrons. The highest BCUT2D eigenvalue weighted by molar-refractivity contribution is 7.80. The van der Waals surface area contributed by atoms with Gasteiger partial charge in [0.2, 0.25) is 11.8 Å². The second-order valence-electron chi connectivity index (χ2n) is 5.56. The fourth-order valence-electron chi connectivity index (χ4n) is 2.05. The van der Waals surface area contributed by atoms with Crippen molar-refractivity contribution in [1.29, 1.82) is 0 Å². The number of thiocarbonyl (C=S) groups is 1. The van der Waals surface area contributed by atoms with E-state index < -0.39 is 17.2 Å². The fraction of sp³-hybridized carbons (Fsp3) is 0.643. The Morgan fingerprint density at radius 3 is 2.38 bits per heavy atom. The van der Waals surface area contributed by atoms with E-state index in [4.69, 9.17) is 28.6 Å². The molecule has 1 aliphatic heterocycles. The molecule has 0 bridgehead atoms. The summed E-state index contributed by atoms with van der Waals surface area (Å²) in [6, 6.07) is 0. The highest BCUT2D eigenvalue weighted by Crippen LogP contribution is 2.33. The number of amides is 2. The Labute approximate surface area is 135 Å². The van der Waals surface area contributed by atoms with Gasteiger partial charge in [-0.3, -0.25) is 9.59 Å². The first-order chi connectivity index (χ1) is 9.78. The van der Waals surface area contributed by atoms with Crippen LogP contribution < -0.4 is 10.6 Å². The van der Waals surface area contributed by atoms with E-state index in [-0.39, 0.29) is 23.0 Å². The van der Waals surface area contributed by atoms with Crippen LogP contribution in [0, 0.1) is 11.3 Å². The van der Waals surface area contributed by atoms with Crippen LogP contribution in [0.5, 0.6) is 0 Å². The van der Waals surface area contributed by atoms with Gasteiger partial charge in [0.15, 0.2) is 5.11 Å². The van der Waals surface area contributed by atoms with Crippen LogP contribution in [0.2, 0.25) is 0 Å². The predicted octanol–water partition coefficient (Wildman–Crippen LogP) is 2.10. The molecule has 2 N–H and O–H groups in total. The molecule has 0 radical (unpaired) electrons. The molecule has 1 aliphatic rings. The number of hydrogen-bond acceptors (Lipinski definition) is 4. The molecule has 0 aromatic carbocycles. The molecule has 0 saturated carbocycles. The van der Waals surface area contributed by atoms with Crippen molar-refractivity contribution in [2.75, 3.05) is 13.2 Å². The van der Waals surface area contributed by atoms with Gasteiger partial charge in [-0.05, 0) is 31.0 Å². The molecule has 0 aromatic rings. The van der Waals surface area contributed by atoms with Crippen molar-refractivity contribution < 1.29 is 14.3 Å². The number of nitrogens with one attached hydrogen (secondary N) is 2. The van der Waals surface area contributed by atoms with E-state index >= 15 is 0 Å². The second-order valence-corrected chi connectivity index (χ2v) is 6.50. The van der Waals surface area contributed by atoms with Crippen LogP contribution in [0.4, 0.5) is 0 Å². The van der Waals surface area contributed by atoms with Crippen molar-refractivity contribution in [3.8, 4) is 0 Å². The summed E-state index contributed by atoms with van der Waals surface area (Å²) in [5.41, 5.74) is -1.31. The summed E-state index contributed by atoms with van der Waals surface area (Å²) in [5, 5.41) is 5.20. The molecule has 1 heterocycles. The van der Waals surface area contributed by atoms with Crippen molar-refractivity contribution in [3.05, 3.63) is 11.6 Å². The lowest BCUT2D eigenvalue weighted by Gasteiger charge is -2.34. The Hall–Kier alpha value is -0.980. The van der Waals surface area contributed by atoms with Gasteiger partial charge in [0.1, 0.15) is 5.41 Å². The van der Waals surface area contributed by atoms with Gasteiger partial charge in [-0.2, -0.15) is 0 Å². The summed E-state index contributed by atoms with van der Waals surface area (Å²) in [6.45, 7) is 8.68. The van der Waals surface area contributed by atoms with Gasteiger partial charge in [0, 0.05) is 24.7 Å². The minimum atomic E-state index is -1.31. The zero-order valence-electron chi connectivity index (χ0n) is 12.3. The Kier molecular flexibility index (Phi) is 6.77. The van der Waals surface area contributed by atoms with E-state index in [9.17, 15) is 9.59 Å². The monoisotopic (exact) mass is 332 g/mol. The molecule has 0 aromatic heterocycles. The zero-order valence-corrected chi connectivity index (χ0v) is 13.9. The molecule has 7 heteroatoms. The van der Waals surface area contributed by atoms with Crippen LogP contribution in [0.3, 0.4) is 0 Å². The van der Waals surface area contributed by atoms with E-state index in [1.54, 1.807) is 0 Å². The summed E-state index contributed by atoms with van der Waals surface area (Å²) >= 11 is 10.6. The van der Waals surface area contributed by atoms with Crippen molar-refractivity contribution in [2.24, 2.45) is 11.3 Å². The molecule has 1 fully saturated rings. The largest absolute Gasteiger partial charge is 0.381 e. The molecule has 2 amide bonds. The van der Waals surface area contributed by atoms with E-state index in [1.165, 1.54) is 0 Å². The van der Waals surface area contributed by atoms with Crippen molar-refractivity contribution in [3.63, 3.8) is 0 Å². The third kappa shape index (κ3) is 5.05. The van der Waals surface area contributed by atoms with Crippen LogP contribution in [0.15, 0.2) is 11.6 Å². The van der Waals surface area contributed by atoms with Gasteiger partial charge in [-0.15, -0.1) is 0 Å². The number of hydrogen-bond donors (Lipinski definition) is 2. The van der Waals surface area contributed by atoms with Crippen LogP contribution >= 0.6 is 23.8 Å². The number of rotatable bonds is 8. The first-order valence-electron chi connectivity index (χ1n) is 6.86. The SMILES string of the molecule is C=C(Cl)CC1(CCOCCC(C)C)C(=O)NC(=S)NC1=O. The van der Waals surface area contributed by atoms with E-state index in [0.717, 1.165) is 6.42 Å². The van der Waals surface area contributed by atoms with Gasteiger partial charge in [-0.1, -0.05) is 32.0 Å². The Morgan fingerprint density at radius 2 is 1.90 bits per heavy atom. The molecular formula is C14H21ClN2O3S. The first-order valence-corrected chi connectivity index (χ1v) is 7.64. The minimum absolute atomic E-state index is 0.0153. The highest BCUT2D eigenvalue weighted by atomic mass is 35.5. The van der Waals surface area contributed by atoms with Gasteiger partial charge >= 0.3 is 0 Å². The zero-order chi connectivity index (χ0) is 16.0. The Bertz CT molecular complexity index is 432. The highest BCUT2D eigenvalue weighted by Gasteiger charge is 2.49. The summed E-state index contributed by atoms with van der Waals surface area (Å²) < 4.78 is 5.51. The third-order valence-corrected chi connectivity index (χ3v) is 3.67. The van der Waals surface area contributed by atoms with Crippen molar-refractivity contribution in [1.82, 2.24) is 10.6 Å². The number of allylic oxidation sites excluding steroid dienone is 1. The molecule has 1 saturated heterocycles. The average molecular weight is 333 g/mol. The van der Waals surface area contributed by atoms with Gasteiger partial charge in [0.25, 0.3) is 0 Å². The van der Waals surface area contributed by atoms with Crippen LogP contribution in [-0.2, 0) is 14.3 Å². The molecule has 1 rings (SSSR count). The van der Waals surface area contributed by atoms with E-state index in [0.29, 0.717) is 19.1 Å². The predicted molar refractivity (Wildman–Crippen MR) is 85.8 cm³/mol. The third-order valence-electron chi connectivity index (χ3n) is 3.33. The number of halogens is 1. The quantitative estimate of drug-likeness (QED) is 0.406. The lowest BCUT2D eigenvalue weighted by Crippen LogP contribution is -2.62. The Morgan fingerprint density at radius 1 is 1.33 bits per heavy atom. The number of carbonyl (C=O) groups is 2. The summed E-state index contributed by atoms with van der Waals surface area (Å²) in [4.78, 5) is 24.5. The van der Waals surface area contributed by atoms with Crippen LogP contribution in [0.1, 0.15) is 33.1 Å². The molecule has 0 aliphatic carbocycles. The normalized spacial score (nSPS) is 17.6. The van der Waals surface area contributed by atoms with Crippen molar-refractivity contribution in [2.45, 2.75) is 33.1 Å². The summed E-state index contributed by atoms with van der Waals surface area (Å²) in [7, 11) is 0. The summed E-state index contributed by atoms with van der Waals surface area (Å²) in [6.07, 6.45) is 1.22. The smallest absolute Gasteiger partial charge is 0.242 e. The number of carbonyl (C=O) groups excluding carboxylic acids is 2. The summed E-state index contributed by atoms with van der Waals surface area (Å²) in [5.74, 6) is -0.365. The maximum Gasteiger partial charge on any atom is 0.242 e. The average Bonchev–Trinajstić information content (AvgIpc) is 2.33. The van der Waals surface area contributed by atoms with E-state index in [2.05, 4.69) is 31.1 Å². The molecule has 21 heavy (non-hydrogen) atoms. The topological polar surface area (TPSA) is 67.4 Å². The maximum absolute atomic E-state index is 12.2. The lowest BCUT2D eigenvalue weighted by molar-refractivity contribution is -0.145. The molecule has 0 atom stereocenters. The maximum atomic E-state index is 12.2. The molecular weight excluding hydrogens is 312 g/mol. The minimum Gasteiger partial charge on any atom is -0.381 e. The first kappa shape index (κ1) is 18.1. The van der Waals surface area contributed by atoms with E-state index in [1.807, 2.05) is 0 Å². The molecule has 5 nitrogen and oxygen atoms in total. The van der Waals surface area contributed by atoms with Gasteiger partial charge < -0.3 is 15.4 Å². The lowest BCUT2D eigenvalue weighted by atomic mass is 9.78. The Balaban J connectivity index is 2.70.